The standard InChI is InChI=1S/C14H20FNO2/c1-14(7-3-4-8-18-14)13(16)10-5-6-12(17-2)11(15)9-10/h5-6,9,13H,3-4,7-8,16H2,1-2H3. The summed E-state index contributed by atoms with van der Waals surface area (Å²) in [6.07, 6.45) is 3.07. The highest BCUT2D eigenvalue weighted by molar-refractivity contribution is 5.32. The first-order chi connectivity index (χ1) is 8.57. The molecule has 2 unspecified atom stereocenters. The van der Waals surface area contributed by atoms with E-state index in [2.05, 4.69) is 0 Å². The van der Waals surface area contributed by atoms with E-state index in [-0.39, 0.29) is 17.6 Å². The second-order valence-corrected chi connectivity index (χ2v) is 4.99. The molecule has 2 atom stereocenters. The Labute approximate surface area is 107 Å². The minimum absolute atomic E-state index is 0.237. The number of hydrogen-bond donors (Lipinski definition) is 1. The van der Waals surface area contributed by atoms with Crippen molar-refractivity contribution in [3.8, 4) is 5.75 Å². The van der Waals surface area contributed by atoms with Crippen LogP contribution in [-0.4, -0.2) is 19.3 Å². The predicted molar refractivity (Wildman–Crippen MR) is 68.1 cm³/mol. The van der Waals surface area contributed by atoms with Crippen LogP contribution in [0.4, 0.5) is 4.39 Å². The fraction of sp³-hybridized carbons (Fsp3) is 0.571. The summed E-state index contributed by atoms with van der Waals surface area (Å²) < 4.78 is 24.4. The third-order valence-electron chi connectivity index (χ3n) is 3.69. The molecule has 0 aromatic heterocycles. The molecule has 1 aliphatic heterocycles. The van der Waals surface area contributed by atoms with Gasteiger partial charge in [0.25, 0.3) is 0 Å². The highest BCUT2D eigenvalue weighted by Crippen LogP contribution is 2.35. The second kappa shape index (κ2) is 5.24. The van der Waals surface area contributed by atoms with Gasteiger partial charge in [0.1, 0.15) is 0 Å². The first kappa shape index (κ1) is 13.3. The van der Waals surface area contributed by atoms with Crippen molar-refractivity contribution in [1.29, 1.82) is 0 Å². The third kappa shape index (κ3) is 2.49. The molecule has 1 aliphatic rings. The number of hydrogen-bond acceptors (Lipinski definition) is 3. The monoisotopic (exact) mass is 253 g/mol. The minimum Gasteiger partial charge on any atom is -0.494 e. The molecule has 3 nitrogen and oxygen atoms in total. The quantitative estimate of drug-likeness (QED) is 0.900. The number of rotatable bonds is 3. The number of benzene rings is 1. The van der Waals surface area contributed by atoms with E-state index in [1.54, 1.807) is 12.1 Å². The topological polar surface area (TPSA) is 44.5 Å². The van der Waals surface area contributed by atoms with Crippen LogP contribution in [0.1, 0.15) is 37.8 Å². The van der Waals surface area contributed by atoms with E-state index in [9.17, 15) is 4.39 Å². The van der Waals surface area contributed by atoms with Crippen LogP contribution in [0.3, 0.4) is 0 Å². The van der Waals surface area contributed by atoms with E-state index >= 15 is 0 Å². The molecule has 1 saturated heterocycles. The molecule has 4 heteroatoms. The molecule has 0 bridgehead atoms. The molecule has 2 rings (SSSR count). The van der Waals surface area contributed by atoms with Gasteiger partial charge in [-0.05, 0) is 43.9 Å². The first-order valence-electron chi connectivity index (χ1n) is 6.30. The van der Waals surface area contributed by atoms with Gasteiger partial charge in [-0.3, -0.25) is 0 Å². The van der Waals surface area contributed by atoms with Crippen molar-refractivity contribution in [1.82, 2.24) is 0 Å². The summed E-state index contributed by atoms with van der Waals surface area (Å²) in [5, 5.41) is 0. The summed E-state index contributed by atoms with van der Waals surface area (Å²) in [4.78, 5) is 0. The highest BCUT2D eigenvalue weighted by Gasteiger charge is 2.35. The van der Waals surface area contributed by atoms with E-state index in [4.69, 9.17) is 15.2 Å². The molecule has 1 fully saturated rings. The summed E-state index contributed by atoms with van der Waals surface area (Å²) in [7, 11) is 1.45. The lowest BCUT2D eigenvalue weighted by atomic mass is 9.85. The number of ether oxygens (including phenoxy) is 2. The second-order valence-electron chi connectivity index (χ2n) is 4.99. The Kier molecular flexibility index (Phi) is 3.88. The molecular formula is C14H20FNO2. The highest BCUT2D eigenvalue weighted by atomic mass is 19.1. The van der Waals surface area contributed by atoms with E-state index in [1.807, 2.05) is 6.92 Å². The van der Waals surface area contributed by atoms with Gasteiger partial charge in [0.05, 0.1) is 18.8 Å². The molecule has 1 aromatic rings. The van der Waals surface area contributed by atoms with Crippen molar-refractivity contribution >= 4 is 0 Å². The van der Waals surface area contributed by atoms with Gasteiger partial charge < -0.3 is 15.2 Å². The van der Waals surface area contributed by atoms with E-state index in [0.717, 1.165) is 31.4 Å². The fourth-order valence-electron chi connectivity index (χ4n) is 2.43. The van der Waals surface area contributed by atoms with Crippen molar-refractivity contribution in [2.24, 2.45) is 5.73 Å². The van der Waals surface area contributed by atoms with Gasteiger partial charge >= 0.3 is 0 Å². The number of nitrogens with two attached hydrogens (primary N) is 1. The van der Waals surface area contributed by atoms with Gasteiger partial charge in [0, 0.05) is 6.61 Å². The lowest BCUT2D eigenvalue weighted by molar-refractivity contribution is -0.0821. The molecule has 0 amide bonds. The smallest absolute Gasteiger partial charge is 0.165 e. The Bertz CT molecular complexity index is 416. The Morgan fingerprint density at radius 1 is 1.44 bits per heavy atom. The van der Waals surface area contributed by atoms with Crippen molar-refractivity contribution in [3.63, 3.8) is 0 Å². The number of methoxy groups -OCH3 is 1. The van der Waals surface area contributed by atoms with Crippen LogP contribution in [-0.2, 0) is 4.74 Å². The van der Waals surface area contributed by atoms with Crippen molar-refractivity contribution in [3.05, 3.63) is 29.6 Å². The average molecular weight is 253 g/mol. The molecule has 0 spiro atoms. The molecule has 0 saturated carbocycles. The van der Waals surface area contributed by atoms with Gasteiger partial charge in [-0.2, -0.15) is 0 Å². The molecule has 0 radical (unpaired) electrons. The van der Waals surface area contributed by atoms with Crippen LogP contribution in [0.25, 0.3) is 0 Å². The van der Waals surface area contributed by atoms with Gasteiger partial charge in [0.2, 0.25) is 0 Å². The van der Waals surface area contributed by atoms with Crippen LogP contribution in [0.15, 0.2) is 18.2 Å². The van der Waals surface area contributed by atoms with Crippen LogP contribution in [0, 0.1) is 5.82 Å². The van der Waals surface area contributed by atoms with Crippen molar-refractivity contribution in [2.45, 2.75) is 37.8 Å². The van der Waals surface area contributed by atoms with E-state index in [0.29, 0.717) is 0 Å². The Hall–Kier alpha value is -1.13. The van der Waals surface area contributed by atoms with Gasteiger partial charge in [-0.1, -0.05) is 6.07 Å². The Morgan fingerprint density at radius 2 is 2.22 bits per heavy atom. The molecule has 18 heavy (non-hydrogen) atoms. The molecule has 1 heterocycles. The maximum atomic E-state index is 13.7. The lowest BCUT2D eigenvalue weighted by Crippen LogP contribution is -2.43. The largest absolute Gasteiger partial charge is 0.494 e. The van der Waals surface area contributed by atoms with Crippen LogP contribution in [0.5, 0.6) is 5.75 Å². The molecule has 1 aromatic carbocycles. The predicted octanol–water partition coefficient (Wildman–Crippen LogP) is 2.79. The van der Waals surface area contributed by atoms with Crippen LogP contribution < -0.4 is 10.5 Å². The molecule has 0 aliphatic carbocycles. The maximum Gasteiger partial charge on any atom is 0.165 e. The molecule has 2 N–H and O–H groups in total. The van der Waals surface area contributed by atoms with E-state index in [1.165, 1.54) is 13.2 Å². The Balaban J connectivity index is 2.22. The maximum absolute atomic E-state index is 13.7. The average Bonchev–Trinajstić information content (AvgIpc) is 2.38. The SMILES string of the molecule is COc1ccc(C(N)C2(C)CCCCO2)cc1F. The van der Waals surface area contributed by atoms with Gasteiger partial charge in [-0.25, -0.2) is 4.39 Å². The van der Waals surface area contributed by atoms with Crippen molar-refractivity contribution in [2.75, 3.05) is 13.7 Å². The van der Waals surface area contributed by atoms with Crippen molar-refractivity contribution < 1.29 is 13.9 Å². The van der Waals surface area contributed by atoms with Crippen LogP contribution >= 0.6 is 0 Å². The summed E-state index contributed by atoms with van der Waals surface area (Å²) in [5.74, 6) is -0.148. The van der Waals surface area contributed by atoms with E-state index < -0.39 is 5.60 Å². The summed E-state index contributed by atoms with van der Waals surface area (Å²) >= 11 is 0. The fourth-order valence-corrected chi connectivity index (χ4v) is 2.43. The number of halogens is 1. The third-order valence-corrected chi connectivity index (χ3v) is 3.69. The van der Waals surface area contributed by atoms with Gasteiger partial charge in [-0.15, -0.1) is 0 Å². The zero-order valence-corrected chi connectivity index (χ0v) is 10.9. The summed E-state index contributed by atoms with van der Waals surface area (Å²) in [6, 6.07) is 4.53. The summed E-state index contributed by atoms with van der Waals surface area (Å²) in [5.41, 5.74) is 6.58. The van der Waals surface area contributed by atoms with Gasteiger partial charge in [0.15, 0.2) is 11.6 Å². The summed E-state index contributed by atoms with van der Waals surface area (Å²) in [6.45, 7) is 2.72. The first-order valence-corrected chi connectivity index (χ1v) is 6.30. The zero-order valence-electron chi connectivity index (χ0n) is 10.9. The normalized spacial score (nSPS) is 25.8. The molecular weight excluding hydrogens is 233 g/mol. The Morgan fingerprint density at radius 3 is 2.78 bits per heavy atom. The lowest BCUT2D eigenvalue weighted by Gasteiger charge is -2.39. The zero-order chi connectivity index (χ0) is 13.2. The van der Waals surface area contributed by atoms with Crippen LogP contribution in [0.2, 0.25) is 0 Å². The molecule has 100 valence electrons. The minimum atomic E-state index is -0.403.